The quantitative estimate of drug-likeness (QED) is 0.574. The van der Waals surface area contributed by atoms with Crippen LogP contribution in [0.1, 0.15) is 58.2 Å². The third kappa shape index (κ3) is 1.98. The first kappa shape index (κ1) is 20.4. The molecule has 33 heavy (non-hydrogen) atoms. The minimum Gasteiger partial charge on any atom is -0.390 e. The van der Waals surface area contributed by atoms with Gasteiger partial charge in [-0.05, 0) is 56.7 Å². The van der Waals surface area contributed by atoms with E-state index in [1.165, 1.54) is 17.0 Å². The summed E-state index contributed by atoms with van der Waals surface area (Å²) < 4.78 is 12.7. The van der Waals surface area contributed by atoms with Crippen LogP contribution < -0.4 is 0 Å². The predicted octanol–water partition coefficient (Wildman–Crippen LogP) is 3.29. The molecule has 3 fully saturated rings. The average Bonchev–Trinajstić information content (AvgIpc) is 3.34. The number of carbonyl (C=O) groups excluding carboxylic acids is 1. The Hall–Kier alpha value is -1.99. The third-order valence-electron chi connectivity index (χ3n) is 10.3. The van der Waals surface area contributed by atoms with E-state index >= 15 is 0 Å². The fourth-order valence-corrected chi connectivity index (χ4v) is 8.43. The van der Waals surface area contributed by atoms with Gasteiger partial charge in [0.1, 0.15) is 11.2 Å². The van der Waals surface area contributed by atoms with Crippen LogP contribution >= 0.6 is 0 Å². The van der Waals surface area contributed by atoms with Crippen LogP contribution in [0, 0.1) is 11.3 Å². The molecule has 2 aromatic rings. The molecule has 174 valence electrons. The van der Waals surface area contributed by atoms with Crippen molar-refractivity contribution in [3.63, 3.8) is 0 Å². The molecule has 6 heteroatoms. The lowest BCUT2D eigenvalue weighted by Gasteiger charge is -2.66. The fourth-order valence-electron chi connectivity index (χ4n) is 8.43. The number of rotatable bonds is 0. The van der Waals surface area contributed by atoms with E-state index in [4.69, 9.17) is 9.47 Å². The molecular weight excluding hydrogens is 418 g/mol. The number of hydrogen-bond donors (Lipinski definition) is 3. The van der Waals surface area contributed by atoms with Crippen LogP contribution in [0.15, 0.2) is 35.9 Å². The van der Waals surface area contributed by atoms with Gasteiger partial charge in [0, 0.05) is 39.4 Å². The Bertz CT molecular complexity index is 1280. The summed E-state index contributed by atoms with van der Waals surface area (Å²) in [6.07, 6.45) is 2.29. The summed E-state index contributed by atoms with van der Waals surface area (Å²) in [7, 11) is 0. The van der Waals surface area contributed by atoms with Gasteiger partial charge in [0.15, 0.2) is 17.7 Å². The molecule has 1 saturated heterocycles. The summed E-state index contributed by atoms with van der Waals surface area (Å²) >= 11 is 0. The highest BCUT2D eigenvalue weighted by Crippen LogP contribution is 2.71. The Morgan fingerprint density at radius 1 is 1.12 bits per heavy atom. The maximum Gasteiger partial charge on any atom is 0.195 e. The Morgan fingerprint density at radius 2 is 1.88 bits per heavy atom. The van der Waals surface area contributed by atoms with Crippen molar-refractivity contribution in [2.45, 2.75) is 88.0 Å². The van der Waals surface area contributed by atoms with Crippen LogP contribution in [0.25, 0.3) is 10.9 Å². The molecule has 3 heterocycles. The number of nitrogens with one attached hydrogen (secondary N) is 1. The summed E-state index contributed by atoms with van der Waals surface area (Å²) in [5.74, 6) is -1.17. The van der Waals surface area contributed by atoms with Gasteiger partial charge in [-0.3, -0.25) is 4.79 Å². The topological polar surface area (TPSA) is 91.8 Å². The van der Waals surface area contributed by atoms with Crippen LogP contribution in [-0.2, 0) is 26.1 Å². The SMILES string of the molecule is CC1(C)O[C@@]23CC[C@]4(C)[C@@]5(C)c6[nH]c7ccccc7c6CC5C[C@H](O)[C@@]4(O)C2=CC(=O)[C@@H]1O3. The van der Waals surface area contributed by atoms with Crippen LogP contribution in [0.3, 0.4) is 0 Å². The number of ketones is 1. The zero-order valence-electron chi connectivity index (χ0n) is 19.6. The van der Waals surface area contributed by atoms with Crippen molar-refractivity contribution >= 4 is 16.7 Å². The highest BCUT2D eigenvalue weighted by Gasteiger charge is 2.77. The first-order valence-corrected chi connectivity index (χ1v) is 12.1. The van der Waals surface area contributed by atoms with E-state index in [-0.39, 0.29) is 11.7 Å². The molecule has 1 aromatic heterocycles. The summed E-state index contributed by atoms with van der Waals surface area (Å²) in [5.41, 5.74) is 0.397. The van der Waals surface area contributed by atoms with Gasteiger partial charge in [-0.2, -0.15) is 0 Å². The molecule has 2 bridgehead atoms. The molecule has 6 nitrogen and oxygen atoms in total. The van der Waals surface area contributed by atoms with Gasteiger partial charge >= 0.3 is 0 Å². The summed E-state index contributed by atoms with van der Waals surface area (Å²) in [6, 6.07) is 8.34. The number of aromatic nitrogens is 1. The molecule has 2 aliphatic heterocycles. The van der Waals surface area contributed by atoms with Crippen molar-refractivity contribution in [3.05, 3.63) is 47.2 Å². The predicted molar refractivity (Wildman–Crippen MR) is 122 cm³/mol. The summed E-state index contributed by atoms with van der Waals surface area (Å²) in [6.45, 7) is 8.05. The van der Waals surface area contributed by atoms with Crippen molar-refractivity contribution in [2.75, 3.05) is 0 Å². The lowest BCUT2D eigenvalue weighted by molar-refractivity contribution is -0.274. The Kier molecular flexibility index (Phi) is 3.48. The molecule has 2 saturated carbocycles. The monoisotopic (exact) mass is 449 g/mol. The van der Waals surface area contributed by atoms with E-state index in [2.05, 4.69) is 37.0 Å². The third-order valence-corrected chi connectivity index (χ3v) is 10.3. The second-order valence-electron chi connectivity index (χ2n) is 11.9. The number of ether oxygens (including phenoxy) is 2. The molecule has 5 aliphatic rings. The Balaban J connectivity index is 1.46. The number of H-pyrrole nitrogens is 1. The molecule has 0 radical (unpaired) electrons. The van der Waals surface area contributed by atoms with Gasteiger partial charge in [0.05, 0.1) is 6.10 Å². The van der Waals surface area contributed by atoms with Crippen LogP contribution in [0.4, 0.5) is 0 Å². The number of hydrogen-bond acceptors (Lipinski definition) is 5. The number of aromatic amines is 1. The first-order chi connectivity index (χ1) is 15.5. The smallest absolute Gasteiger partial charge is 0.195 e. The summed E-state index contributed by atoms with van der Waals surface area (Å²) in [5, 5.41) is 25.4. The van der Waals surface area contributed by atoms with Gasteiger partial charge in [-0.15, -0.1) is 0 Å². The van der Waals surface area contributed by atoms with E-state index in [1.54, 1.807) is 0 Å². The molecule has 1 unspecified atom stereocenters. The van der Waals surface area contributed by atoms with E-state index in [0.717, 1.165) is 17.6 Å². The van der Waals surface area contributed by atoms with Gasteiger partial charge in [0.2, 0.25) is 0 Å². The normalized spacial score (nSPS) is 47.0. The molecule has 3 N–H and O–H groups in total. The van der Waals surface area contributed by atoms with E-state index < -0.39 is 40.0 Å². The standard InChI is InChI=1S/C27H31NO5/c1-23(2)22-18(29)13-19-26(32-22,33-23)10-9-24(3)25(4)14(12-20(30)27(19,24)31)11-16-15-7-5-6-8-17(15)28-21(16)25/h5-8,13-14,20,22,28,30-31H,9-12H2,1-4H3/t14?,20-,22-,24+,25+,26-,27-/m0/s1. The average molecular weight is 450 g/mol. The Labute approximate surface area is 193 Å². The zero-order valence-corrected chi connectivity index (χ0v) is 19.6. The summed E-state index contributed by atoms with van der Waals surface area (Å²) in [4.78, 5) is 16.8. The molecule has 3 aliphatic carbocycles. The largest absolute Gasteiger partial charge is 0.390 e. The van der Waals surface area contributed by atoms with Gasteiger partial charge in [-0.1, -0.05) is 32.0 Å². The lowest BCUT2D eigenvalue weighted by Crippen LogP contribution is -2.74. The zero-order chi connectivity index (χ0) is 23.2. The first-order valence-electron chi connectivity index (χ1n) is 12.1. The van der Waals surface area contributed by atoms with Crippen LogP contribution in [-0.4, -0.2) is 50.2 Å². The second-order valence-corrected chi connectivity index (χ2v) is 11.9. The highest BCUT2D eigenvalue weighted by atomic mass is 16.8. The van der Waals surface area contributed by atoms with Crippen molar-refractivity contribution in [2.24, 2.45) is 11.3 Å². The number of benzene rings is 1. The Morgan fingerprint density at radius 3 is 2.67 bits per heavy atom. The number of aliphatic hydroxyl groups excluding tert-OH is 1. The molecule has 1 aromatic carbocycles. The van der Waals surface area contributed by atoms with Crippen molar-refractivity contribution in [3.8, 4) is 0 Å². The van der Waals surface area contributed by atoms with Crippen molar-refractivity contribution < 1.29 is 24.5 Å². The maximum absolute atomic E-state index is 13.1. The fraction of sp³-hybridized carbons (Fsp3) is 0.593. The molecular formula is C27H31NO5. The molecule has 0 amide bonds. The second kappa shape index (κ2) is 5.62. The van der Waals surface area contributed by atoms with Crippen LogP contribution in [0.5, 0.6) is 0 Å². The molecule has 7 rings (SSSR count). The minimum absolute atomic E-state index is 0.187. The molecule has 7 atom stereocenters. The lowest BCUT2D eigenvalue weighted by atomic mass is 9.41. The van der Waals surface area contributed by atoms with E-state index in [9.17, 15) is 15.0 Å². The maximum atomic E-state index is 13.1. The van der Waals surface area contributed by atoms with Crippen molar-refractivity contribution in [1.29, 1.82) is 0 Å². The highest BCUT2D eigenvalue weighted by molar-refractivity contribution is 5.97. The number of fused-ring (bicyclic) bond motifs is 9. The van der Waals surface area contributed by atoms with E-state index in [1.807, 2.05) is 19.9 Å². The number of carbonyl (C=O) groups is 1. The van der Waals surface area contributed by atoms with Crippen LogP contribution in [0.2, 0.25) is 0 Å². The van der Waals surface area contributed by atoms with Crippen molar-refractivity contribution in [1.82, 2.24) is 4.98 Å². The number of aliphatic hydroxyl groups is 2. The number of para-hydroxylation sites is 1. The minimum atomic E-state index is -1.64. The molecule has 1 spiro atoms. The van der Waals surface area contributed by atoms with Gasteiger partial charge < -0.3 is 24.7 Å². The van der Waals surface area contributed by atoms with Gasteiger partial charge in [-0.25, -0.2) is 0 Å². The van der Waals surface area contributed by atoms with Gasteiger partial charge in [0.25, 0.3) is 0 Å². The van der Waals surface area contributed by atoms with E-state index in [0.29, 0.717) is 24.8 Å².